The van der Waals surface area contributed by atoms with Crippen molar-refractivity contribution in [3.63, 3.8) is 0 Å². The summed E-state index contributed by atoms with van der Waals surface area (Å²) in [5, 5.41) is 5.32. The molecule has 0 aliphatic carbocycles. The first-order valence-corrected chi connectivity index (χ1v) is 8.87. The van der Waals surface area contributed by atoms with Crippen LogP contribution in [0.3, 0.4) is 0 Å². The lowest BCUT2D eigenvalue weighted by Crippen LogP contribution is -2.35. The molecule has 1 aromatic heterocycles. The molecule has 5 heteroatoms. The number of imidazole rings is 1. The van der Waals surface area contributed by atoms with E-state index in [2.05, 4.69) is 35.2 Å². The molecular formula is C21H25N3O2. The van der Waals surface area contributed by atoms with Crippen LogP contribution in [0.4, 0.5) is 0 Å². The Morgan fingerprint density at radius 3 is 2.50 bits per heavy atom. The van der Waals surface area contributed by atoms with Gasteiger partial charge in [0, 0.05) is 12.4 Å². The van der Waals surface area contributed by atoms with Gasteiger partial charge in [0.05, 0.1) is 19.1 Å². The Kier molecular flexibility index (Phi) is 5.26. The number of carbonyl (C=O) groups is 1. The van der Waals surface area contributed by atoms with Gasteiger partial charge in [0.1, 0.15) is 11.6 Å². The molecule has 1 unspecified atom stereocenters. The molecule has 0 saturated heterocycles. The van der Waals surface area contributed by atoms with Crippen molar-refractivity contribution in [1.29, 1.82) is 0 Å². The van der Waals surface area contributed by atoms with Crippen molar-refractivity contribution in [3.05, 3.63) is 60.2 Å². The Hall–Kier alpha value is -2.82. The number of rotatable bonds is 6. The minimum absolute atomic E-state index is 0.00652. The number of hydrogen-bond acceptors (Lipinski definition) is 3. The maximum atomic E-state index is 12.8. The molecule has 136 valence electrons. The first kappa shape index (κ1) is 18.0. The number of benzene rings is 2. The second-order valence-corrected chi connectivity index (χ2v) is 6.90. The van der Waals surface area contributed by atoms with Crippen LogP contribution in [-0.2, 0) is 4.79 Å². The zero-order chi connectivity index (χ0) is 18.7. The summed E-state index contributed by atoms with van der Waals surface area (Å²) in [6.45, 7) is 6.07. The van der Waals surface area contributed by atoms with Crippen LogP contribution in [-0.4, -0.2) is 23.0 Å². The first-order valence-electron chi connectivity index (χ1n) is 8.87. The largest absolute Gasteiger partial charge is 0.497 e. The van der Waals surface area contributed by atoms with Crippen molar-refractivity contribution in [2.45, 2.75) is 32.7 Å². The molecule has 0 aliphatic rings. The van der Waals surface area contributed by atoms with E-state index in [4.69, 9.17) is 4.74 Å². The molecule has 5 nitrogen and oxygen atoms in total. The number of hydrogen-bond donors (Lipinski definition) is 2. The van der Waals surface area contributed by atoms with Crippen molar-refractivity contribution < 1.29 is 9.53 Å². The number of methoxy groups -OCH3 is 1. The summed E-state index contributed by atoms with van der Waals surface area (Å²) in [6, 6.07) is 11.9. The van der Waals surface area contributed by atoms with E-state index in [1.807, 2.05) is 37.3 Å². The number of ether oxygens (including phenoxy) is 1. The number of aromatic nitrogens is 2. The molecule has 3 rings (SSSR count). The normalized spacial score (nSPS) is 13.6. The maximum Gasteiger partial charge on any atom is 0.227 e. The van der Waals surface area contributed by atoms with Crippen molar-refractivity contribution in [1.82, 2.24) is 15.3 Å². The number of H-pyrrole nitrogens is 1. The third kappa shape index (κ3) is 3.72. The predicted octanol–water partition coefficient (Wildman–Crippen LogP) is 4.19. The van der Waals surface area contributed by atoms with Crippen LogP contribution in [0.25, 0.3) is 10.8 Å². The minimum atomic E-state index is -0.252. The van der Waals surface area contributed by atoms with Crippen LogP contribution in [0, 0.1) is 5.92 Å². The summed E-state index contributed by atoms with van der Waals surface area (Å²) in [4.78, 5) is 20.2. The second-order valence-electron chi connectivity index (χ2n) is 6.90. The number of nitrogens with zero attached hydrogens (tertiary/aromatic N) is 1. The highest BCUT2D eigenvalue weighted by molar-refractivity contribution is 5.88. The van der Waals surface area contributed by atoms with Gasteiger partial charge in [0.25, 0.3) is 0 Å². The highest BCUT2D eigenvalue weighted by Crippen LogP contribution is 2.26. The fourth-order valence-electron chi connectivity index (χ4n) is 3.07. The van der Waals surface area contributed by atoms with Crippen molar-refractivity contribution in [2.75, 3.05) is 7.11 Å². The summed E-state index contributed by atoms with van der Waals surface area (Å²) >= 11 is 0. The van der Waals surface area contributed by atoms with E-state index < -0.39 is 0 Å². The third-order valence-corrected chi connectivity index (χ3v) is 4.74. The molecule has 0 saturated carbocycles. The fourth-order valence-corrected chi connectivity index (χ4v) is 3.07. The van der Waals surface area contributed by atoms with Crippen LogP contribution in [0.1, 0.15) is 44.1 Å². The fraction of sp³-hybridized carbons (Fsp3) is 0.333. The molecule has 0 radical (unpaired) electrons. The van der Waals surface area contributed by atoms with Crippen LogP contribution in [0.2, 0.25) is 0 Å². The number of fused-ring (bicyclic) bond motifs is 1. The summed E-state index contributed by atoms with van der Waals surface area (Å²) in [5.74, 6) is 1.59. The van der Waals surface area contributed by atoms with Gasteiger partial charge in [-0.15, -0.1) is 0 Å². The monoisotopic (exact) mass is 351 g/mol. The van der Waals surface area contributed by atoms with Gasteiger partial charge < -0.3 is 15.0 Å². The maximum absolute atomic E-state index is 12.8. The van der Waals surface area contributed by atoms with Gasteiger partial charge in [-0.1, -0.05) is 38.1 Å². The van der Waals surface area contributed by atoms with Gasteiger partial charge in [-0.2, -0.15) is 0 Å². The van der Waals surface area contributed by atoms with E-state index in [0.717, 1.165) is 27.9 Å². The van der Waals surface area contributed by atoms with E-state index in [9.17, 15) is 4.79 Å². The average Bonchev–Trinajstić information content (AvgIpc) is 3.18. The molecule has 1 amide bonds. The van der Waals surface area contributed by atoms with Crippen LogP contribution < -0.4 is 10.1 Å². The Bertz CT molecular complexity index is 887. The zero-order valence-corrected chi connectivity index (χ0v) is 15.6. The lowest BCUT2D eigenvalue weighted by molar-refractivity contribution is -0.123. The Labute approximate surface area is 153 Å². The molecule has 0 bridgehead atoms. The molecule has 2 atom stereocenters. The van der Waals surface area contributed by atoms with Gasteiger partial charge in [-0.05, 0) is 41.3 Å². The minimum Gasteiger partial charge on any atom is -0.497 e. The average molecular weight is 351 g/mol. The second kappa shape index (κ2) is 7.60. The first-order chi connectivity index (χ1) is 12.5. The van der Waals surface area contributed by atoms with Gasteiger partial charge in [0.2, 0.25) is 5.91 Å². The Balaban J connectivity index is 1.80. The number of amides is 1. The predicted molar refractivity (Wildman–Crippen MR) is 103 cm³/mol. The van der Waals surface area contributed by atoms with Crippen molar-refractivity contribution >= 4 is 16.7 Å². The highest BCUT2D eigenvalue weighted by atomic mass is 16.5. The van der Waals surface area contributed by atoms with E-state index in [1.165, 1.54) is 0 Å². The molecule has 0 fully saturated rings. The van der Waals surface area contributed by atoms with Crippen molar-refractivity contribution in [2.24, 2.45) is 5.92 Å². The quantitative estimate of drug-likeness (QED) is 0.700. The number of carbonyl (C=O) groups excluding carboxylic acids is 1. The number of nitrogens with one attached hydrogen (secondary N) is 2. The third-order valence-electron chi connectivity index (χ3n) is 4.74. The molecule has 0 spiro atoms. The molecule has 2 aromatic carbocycles. The summed E-state index contributed by atoms with van der Waals surface area (Å²) in [7, 11) is 1.66. The van der Waals surface area contributed by atoms with E-state index in [0.29, 0.717) is 0 Å². The van der Waals surface area contributed by atoms with E-state index in [1.54, 1.807) is 19.5 Å². The lowest BCUT2D eigenvalue weighted by Gasteiger charge is -2.23. The molecule has 0 aliphatic heterocycles. The van der Waals surface area contributed by atoms with Gasteiger partial charge >= 0.3 is 0 Å². The Morgan fingerprint density at radius 2 is 1.85 bits per heavy atom. The smallest absolute Gasteiger partial charge is 0.227 e. The zero-order valence-electron chi connectivity index (χ0n) is 15.6. The molecule has 3 aromatic rings. The van der Waals surface area contributed by atoms with Gasteiger partial charge in [-0.25, -0.2) is 4.98 Å². The van der Waals surface area contributed by atoms with E-state index >= 15 is 0 Å². The highest BCUT2D eigenvalue weighted by Gasteiger charge is 2.24. The van der Waals surface area contributed by atoms with Gasteiger partial charge in [0.15, 0.2) is 0 Å². The number of aromatic amines is 1. The molecule has 26 heavy (non-hydrogen) atoms. The molecular weight excluding hydrogens is 326 g/mol. The van der Waals surface area contributed by atoms with Crippen LogP contribution >= 0.6 is 0 Å². The summed E-state index contributed by atoms with van der Waals surface area (Å²) in [6.07, 6.45) is 3.48. The van der Waals surface area contributed by atoms with Crippen molar-refractivity contribution in [3.8, 4) is 5.75 Å². The van der Waals surface area contributed by atoms with Crippen LogP contribution in [0.5, 0.6) is 5.75 Å². The standard InChI is InChI=1S/C21H25N3O2/c1-13(2)19(20-22-9-10-23-20)24-21(25)14(3)15-5-6-17-12-18(26-4)8-7-16(17)11-15/h5-14,19H,1-4H3,(H,22,23)(H,24,25)/t14-,19?/m0/s1. The topological polar surface area (TPSA) is 67.0 Å². The SMILES string of the molecule is COc1ccc2cc([C@H](C)C(=O)NC(c3ncc[nH]3)C(C)C)ccc2c1. The molecule has 1 heterocycles. The van der Waals surface area contributed by atoms with Gasteiger partial charge in [-0.3, -0.25) is 4.79 Å². The molecule has 2 N–H and O–H groups in total. The Morgan fingerprint density at radius 1 is 1.12 bits per heavy atom. The lowest BCUT2D eigenvalue weighted by atomic mass is 9.95. The van der Waals surface area contributed by atoms with E-state index in [-0.39, 0.29) is 23.8 Å². The summed E-state index contributed by atoms with van der Waals surface area (Å²) in [5.41, 5.74) is 0.988. The van der Waals surface area contributed by atoms with Crippen LogP contribution in [0.15, 0.2) is 48.8 Å². The summed E-state index contributed by atoms with van der Waals surface area (Å²) < 4.78 is 5.27.